The lowest BCUT2D eigenvalue weighted by Crippen LogP contribution is -2.51. The minimum atomic E-state index is 0.0584. The van der Waals surface area contributed by atoms with E-state index in [1.54, 1.807) is 6.20 Å². The van der Waals surface area contributed by atoms with Gasteiger partial charge in [0.15, 0.2) is 5.75 Å². The standard InChI is InChI=1S/C35H37N7O/c1-22(2)32-33(24(4)12-15-39-32)43-35-28(19-37)29-21-41(30-10-6-9-25-8-5-7-23(3)31(25)30)17-13-27(29)34(40-35)42-18-16-38-26(20-42)11-14-36/h5-10,12,15,22,26,38H,11,13,16-18,20-21H2,1-4H3/t26-/m1/s1. The summed E-state index contributed by atoms with van der Waals surface area (Å²) in [4.78, 5) is 14.4. The van der Waals surface area contributed by atoms with Crippen LogP contribution in [0.15, 0.2) is 48.7 Å². The van der Waals surface area contributed by atoms with Crippen molar-refractivity contribution in [3.63, 3.8) is 0 Å². The Labute approximate surface area is 253 Å². The van der Waals surface area contributed by atoms with Crippen LogP contribution in [0.3, 0.4) is 0 Å². The van der Waals surface area contributed by atoms with E-state index < -0.39 is 0 Å². The third-order valence-electron chi connectivity index (χ3n) is 8.65. The van der Waals surface area contributed by atoms with Crippen molar-refractivity contribution in [2.24, 2.45) is 0 Å². The van der Waals surface area contributed by atoms with E-state index >= 15 is 0 Å². The summed E-state index contributed by atoms with van der Waals surface area (Å²) in [5, 5.41) is 25.9. The van der Waals surface area contributed by atoms with E-state index in [2.05, 4.69) is 89.4 Å². The number of rotatable bonds is 6. The highest BCUT2D eigenvalue weighted by atomic mass is 16.5. The topological polar surface area (TPSA) is 101 Å². The fraction of sp³-hybridized carbons (Fsp3) is 0.371. The van der Waals surface area contributed by atoms with Crippen LogP contribution < -0.4 is 19.9 Å². The summed E-state index contributed by atoms with van der Waals surface area (Å²) in [5.74, 6) is 1.98. The van der Waals surface area contributed by atoms with Crippen LogP contribution in [0.5, 0.6) is 11.6 Å². The van der Waals surface area contributed by atoms with Gasteiger partial charge in [-0.05, 0) is 54.8 Å². The Bertz CT molecular complexity index is 1760. The average molecular weight is 572 g/mol. The molecule has 1 atom stereocenters. The number of nitrogens with zero attached hydrogens (tertiary/aromatic N) is 6. The molecular weight excluding hydrogens is 534 g/mol. The van der Waals surface area contributed by atoms with E-state index in [9.17, 15) is 10.5 Å². The van der Waals surface area contributed by atoms with Crippen molar-refractivity contribution in [1.82, 2.24) is 15.3 Å². The highest BCUT2D eigenvalue weighted by molar-refractivity contribution is 5.97. The number of aromatic nitrogens is 2. The van der Waals surface area contributed by atoms with Gasteiger partial charge in [-0.15, -0.1) is 0 Å². The van der Waals surface area contributed by atoms with Crippen molar-refractivity contribution in [3.05, 3.63) is 82.2 Å². The number of nitrogens with one attached hydrogen (secondary N) is 1. The third kappa shape index (κ3) is 5.35. The zero-order valence-corrected chi connectivity index (χ0v) is 25.3. The molecule has 0 radical (unpaired) electrons. The highest BCUT2D eigenvalue weighted by Crippen LogP contribution is 2.41. The average Bonchev–Trinajstić information content (AvgIpc) is 3.01. The summed E-state index contributed by atoms with van der Waals surface area (Å²) >= 11 is 0. The maximum atomic E-state index is 10.6. The van der Waals surface area contributed by atoms with Crippen molar-refractivity contribution in [3.8, 4) is 23.8 Å². The number of piperazine rings is 1. The molecule has 0 saturated carbocycles. The molecule has 1 N–H and O–H groups in total. The Balaban J connectivity index is 1.50. The number of anilines is 2. The van der Waals surface area contributed by atoms with Crippen LogP contribution in [-0.4, -0.2) is 42.2 Å². The number of fused-ring (bicyclic) bond motifs is 2. The molecule has 8 heteroatoms. The molecular formula is C35H37N7O. The SMILES string of the molecule is Cc1ccnc(C(C)C)c1Oc1nc(N2CCN[C@H](CC#N)C2)c2c(c1C#N)CN(c1cccc3cccc(C)c13)CC2. The third-order valence-corrected chi connectivity index (χ3v) is 8.65. The second kappa shape index (κ2) is 11.9. The summed E-state index contributed by atoms with van der Waals surface area (Å²) in [6.45, 7) is 11.9. The van der Waals surface area contributed by atoms with E-state index in [4.69, 9.17) is 9.72 Å². The first-order valence-electron chi connectivity index (χ1n) is 15.1. The first-order chi connectivity index (χ1) is 20.9. The molecule has 0 aliphatic carbocycles. The second-order valence-corrected chi connectivity index (χ2v) is 11.9. The van der Waals surface area contributed by atoms with Crippen molar-refractivity contribution in [1.29, 1.82) is 10.5 Å². The molecule has 4 heterocycles. The van der Waals surface area contributed by atoms with Gasteiger partial charge >= 0.3 is 0 Å². The number of hydrogen-bond donors (Lipinski definition) is 1. The number of aryl methyl sites for hydroxylation is 2. The lowest BCUT2D eigenvalue weighted by Gasteiger charge is -2.38. The van der Waals surface area contributed by atoms with Crippen LogP contribution in [0, 0.1) is 36.5 Å². The highest BCUT2D eigenvalue weighted by Gasteiger charge is 2.32. The molecule has 43 heavy (non-hydrogen) atoms. The molecule has 1 fully saturated rings. The number of ether oxygens (including phenoxy) is 1. The van der Waals surface area contributed by atoms with E-state index in [1.807, 2.05) is 13.0 Å². The molecule has 2 aliphatic rings. The van der Waals surface area contributed by atoms with Gasteiger partial charge in [0.1, 0.15) is 17.5 Å². The Morgan fingerprint density at radius 1 is 1.02 bits per heavy atom. The van der Waals surface area contributed by atoms with Gasteiger partial charge in [0.2, 0.25) is 5.88 Å². The normalized spacial score (nSPS) is 16.6. The van der Waals surface area contributed by atoms with Crippen molar-refractivity contribution in [2.45, 2.75) is 59.0 Å². The summed E-state index contributed by atoms with van der Waals surface area (Å²) in [5.41, 5.74) is 6.73. The van der Waals surface area contributed by atoms with Crippen LogP contribution in [-0.2, 0) is 13.0 Å². The fourth-order valence-corrected chi connectivity index (χ4v) is 6.48. The molecule has 2 aliphatic heterocycles. The van der Waals surface area contributed by atoms with Crippen molar-refractivity contribution >= 4 is 22.3 Å². The minimum absolute atomic E-state index is 0.0584. The second-order valence-electron chi connectivity index (χ2n) is 11.9. The molecule has 1 saturated heterocycles. The number of hydrogen-bond acceptors (Lipinski definition) is 8. The monoisotopic (exact) mass is 571 g/mol. The van der Waals surface area contributed by atoms with E-state index in [-0.39, 0.29) is 12.0 Å². The molecule has 0 amide bonds. The molecule has 0 unspecified atom stereocenters. The summed E-state index contributed by atoms with van der Waals surface area (Å²) < 4.78 is 6.62. The Kier molecular flexibility index (Phi) is 7.88. The summed E-state index contributed by atoms with van der Waals surface area (Å²) in [6.07, 6.45) is 2.98. The molecule has 8 nitrogen and oxygen atoms in total. The van der Waals surface area contributed by atoms with Gasteiger partial charge in [-0.2, -0.15) is 15.5 Å². The Morgan fingerprint density at radius 3 is 2.60 bits per heavy atom. The van der Waals surface area contributed by atoms with Gasteiger partial charge in [-0.3, -0.25) is 4.98 Å². The van der Waals surface area contributed by atoms with Gasteiger partial charge in [-0.25, -0.2) is 0 Å². The zero-order valence-electron chi connectivity index (χ0n) is 25.3. The molecule has 6 rings (SSSR count). The molecule has 2 aromatic carbocycles. The van der Waals surface area contributed by atoms with Crippen LogP contribution in [0.4, 0.5) is 11.5 Å². The Hall–Kier alpha value is -4.66. The quantitative estimate of drug-likeness (QED) is 0.288. The Morgan fingerprint density at radius 2 is 1.84 bits per heavy atom. The fourth-order valence-electron chi connectivity index (χ4n) is 6.48. The first-order valence-corrected chi connectivity index (χ1v) is 15.1. The van der Waals surface area contributed by atoms with Crippen molar-refractivity contribution in [2.75, 3.05) is 36.0 Å². The number of pyridine rings is 2. The number of benzene rings is 2. The first kappa shape index (κ1) is 28.5. The van der Waals surface area contributed by atoms with Crippen LogP contribution in [0.25, 0.3) is 10.8 Å². The van der Waals surface area contributed by atoms with E-state index in [0.717, 1.165) is 54.3 Å². The summed E-state index contributed by atoms with van der Waals surface area (Å²) in [6, 6.07) is 19.6. The smallest absolute Gasteiger partial charge is 0.239 e. The lowest BCUT2D eigenvalue weighted by molar-refractivity contribution is 0.435. The maximum absolute atomic E-state index is 10.6. The van der Waals surface area contributed by atoms with Gasteiger partial charge < -0.3 is 19.9 Å². The summed E-state index contributed by atoms with van der Waals surface area (Å²) in [7, 11) is 0. The molecule has 0 bridgehead atoms. The number of nitriles is 2. The zero-order chi connectivity index (χ0) is 30.1. The minimum Gasteiger partial charge on any atom is -0.435 e. The largest absolute Gasteiger partial charge is 0.435 e. The van der Waals surface area contributed by atoms with Crippen LogP contribution in [0.1, 0.15) is 59.7 Å². The van der Waals surface area contributed by atoms with Crippen LogP contribution in [0.2, 0.25) is 0 Å². The lowest BCUT2D eigenvalue weighted by atomic mass is 9.94. The van der Waals surface area contributed by atoms with E-state index in [0.29, 0.717) is 36.7 Å². The molecule has 218 valence electrons. The van der Waals surface area contributed by atoms with Gasteiger partial charge in [0.05, 0.1) is 18.2 Å². The molecule has 2 aromatic heterocycles. The molecule has 0 spiro atoms. The molecule has 4 aromatic rings. The van der Waals surface area contributed by atoms with Gasteiger partial charge in [-0.1, -0.05) is 44.2 Å². The predicted molar refractivity (Wildman–Crippen MR) is 170 cm³/mol. The maximum Gasteiger partial charge on any atom is 0.239 e. The van der Waals surface area contributed by atoms with Crippen molar-refractivity contribution < 1.29 is 4.74 Å². The van der Waals surface area contributed by atoms with E-state index in [1.165, 1.54) is 22.0 Å². The van der Waals surface area contributed by atoms with Gasteiger partial charge in [0, 0.05) is 67.2 Å². The van der Waals surface area contributed by atoms with Gasteiger partial charge in [0.25, 0.3) is 0 Å². The predicted octanol–water partition coefficient (Wildman–Crippen LogP) is 6.29. The van der Waals surface area contributed by atoms with Crippen LogP contribution >= 0.6 is 0 Å².